The molecule has 0 aliphatic heterocycles. The van der Waals surface area contributed by atoms with Crippen molar-refractivity contribution in [2.45, 2.75) is 53.1 Å². The molecule has 0 radical (unpaired) electrons. The Kier molecular flexibility index (Phi) is 11.6. The summed E-state index contributed by atoms with van der Waals surface area (Å²) in [5.74, 6) is 0. The molecule has 0 aromatic heterocycles. The molecule has 0 aliphatic carbocycles. The summed E-state index contributed by atoms with van der Waals surface area (Å²) in [5, 5.41) is 0. The van der Waals surface area contributed by atoms with Crippen LogP contribution in [0.2, 0.25) is 0 Å². The van der Waals surface area contributed by atoms with Crippen molar-refractivity contribution in [2.24, 2.45) is 10.7 Å². The molecular weight excluding hydrogens is 136 g/mol. The van der Waals surface area contributed by atoms with Crippen LogP contribution >= 0.6 is 0 Å². The highest BCUT2D eigenvalue weighted by molar-refractivity contribution is 5.58. The molecule has 0 saturated heterocycles. The minimum Gasteiger partial charge on any atom is -0.328 e. The molecule has 0 aromatic rings. The minimum atomic E-state index is 0.243. The third-order valence-corrected chi connectivity index (χ3v) is 0.881. The van der Waals surface area contributed by atoms with Crippen LogP contribution in [0.25, 0.3) is 0 Å². The smallest absolute Gasteiger partial charge is 0.0439 e. The fraction of sp³-hybridized carbons (Fsp3) is 0.889. The molecule has 2 nitrogen and oxygen atoms in total. The summed E-state index contributed by atoms with van der Waals surface area (Å²) >= 11 is 0. The van der Waals surface area contributed by atoms with Gasteiger partial charge in [0.2, 0.25) is 0 Å². The van der Waals surface area contributed by atoms with Crippen LogP contribution in [0.15, 0.2) is 4.99 Å². The highest BCUT2D eigenvalue weighted by Gasteiger charge is 1.88. The van der Waals surface area contributed by atoms with Crippen LogP contribution in [-0.2, 0) is 0 Å². The van der Waals surface area contributed by atoms with E-state index in [1.807, 2.05) is 27.0 Å². The van der Waals surface area contributed by atoms with E-state index in [0.29, 0.717) is 6.04 Å². The lowest BCUT2D eigenvalue weighted by Gasteiger charge is -1.98. The number of hydrogen-bond acceptors (Lipinski definition) is 2. The zero-order valence-electron chi connectivity index (χ0n) is 8.46. The van der Waals surface area contributed by atoms with E-state index in [0.717, 1.165) is 6.42 Å². The first-order valence-corrected chi connectivity index (χ1v) is 4.40. The van der Waals surface area contributed by atoms with E-state index >= 15 is 0 Å². The maximum atomic E-state index is 5.49. The van der Waals surface area contributed by atoms with E-state index in [1.165, 1.54) is 0 Å². The van der Waals surface area contributed by atoms with Crippen molar-refractivity contribution in [3.63, 3.8) is 0 Å². The van der Waals surface area contributed by atoms with Crippen LogP contribution in [-0.4, -0.2) is 18.3 Å². The standard InChI is InChI=1S/C7H16N2.C2H6/c1-6(2)9-5-4-7(3)8;1-2/h5-7H,4,8H2,1-3H3;1-2H3. The van der Waals surface area contributed by atoms with Gasteiger partial charge in [0, 0.05) is 18.3 Å². The average molecular weight is 158 g/mol. The van der Waals surface area contributed by atoms with E-state index in [-0.39, 0.29) is 6.04 Å². The number of aliphatic imine (C=N–C) groups is 1. The van der Waals surface area contributed by atoms with Gasteiger partial charge in [0.15, 0.2) is 0 Å². The first-order valence-electron chi connectivity index (χ1n) is 4.40. The maximum Gasteiger partial charge on any atom is 0.0439 e. The van der Waals surface area contributed by atoms with Gasteiger partial charge in [0.05, 0.1) is 0 Å². The van der Waals surface area contributed by atoms with E-state index in [4.69, 9.17) is 5.73 Å². The monoisotopic (exact) mass is 158 g/mol. The van der Waals surface area contributed by atoms with E-state index in [2.05, 4.69) is 18.8 Å². The molecular formula is C9H22N2. The zero-order chi connectivity index (χ0) is 9.28. The molecule has 2 heteroatoms. The topological polar surface area (TPSA) is 38.4 Å². The third-order valence-electron chi connectivity index (χ3n) is 0.881. The van der Waals surface area contributed by atoms with Gasteiger partial charge in [0.1, 0.15) is 0 Å². The lowest BCUT2D eigenvalue weighted by atomic mass is 10.3. The summed E-state index contributed by atoms with van der Waals surface area (Å²) < 4.78 is 0. The number of nitrogens with zero attached hydrogens (tertiary/aromatic N) is 1. The summed E-state index contributed by atoms with van der Waals surface area (Å²) in [6.07, 6.45) is 2.79. The van der Waals surface area contributed by atoms with E-state index in [1.54, 1.807) is 0 Å². The fourth-order valence-electron chi connectivity index (χ4n) is 0.438. The van der Waals surface area contributed by atoms with Crippen LogP contribution in [0.3, 0.4) is 0 Å². The summed E-state index contributed by atoms with van der Waals surface area (Å²) in [4.78, 5) is 4.16. The Morgan fingerprint density at radius 2 is 1.73 bits per heavy atom. The van der Waals surface area contributed by atoms with Crippen LogP contribution in [0, 0.1) is 0 Å². The molecule has 0 rings (SSSR count). The summed E-state index contributed by atoms with van der Waals surface area (Å²) in [6, 6.07) is 0.649. The Balaban J connectivity index is 0. The second-order valence-corrected chi connectivity index (χ2v) is 2.64. The molecule has 0 saturated carbocycles. The average Bonchev–Trinajstić information content (AvgIpc) is 1.90. The minimum absolute atomic E-state index is 0.243. The lowest BCUT2D eigenvalue weighted by Crippen LogP contribution is -2.14. The van der Waals surface area contributed by atoms with Crippen LogP contribution in [0.5, 0.6) is 0 Å². The Hall–Kier alpha value is -0.370. The van der Waals surface area contributed by atoms with Gasteiger partial charge in [-0.25, -0.2) is 0 Å². The highest BCUT2D eigenvalue weighted by atomic mass is 14.7. The van der Waals surface area contributed by atoms with Crippen molar-refractivity contribution < 1.29 is 0 Å². The highest BCUT2D eigenvalue weighted by Crippen LogP contribution is 1.86. The first kappa shape index (κ1) is 13.2. The summed E-state index contributed by atoms with van der Waals surface area (Å²) in [7, 11) is 0. The second kappa shape index (κ2) is 9.63. The zero-order valence-corrected chi connectivity index (χ0v) is 8.46. The first-order chi connectivity index (χ1) is 5.13. The summed E-state index contributed by atoms with van der Waals surface area (Å²) in [5.41, 5.74) is 5.49. The SMILES string of the molecule is CC.CC(N)CC=NC(C)C. The lowest BCUT2D eigenvalue weighted by molar-refractivity contribution is 0.772. The number of hydrogen-bond donors (Lipinski definition) is 1. The van der Waals surface area contributed by atoms with Crippen molar-refractivity contribution in [2.75, 3.05) is 0 Å². The molecule has 2 N–H and O–H groups in total. The quantitative estimate of drug-likeness (QED) is 0.628. The van der Waals surface area contributed by atoms with Crippen molar-refractivity contribution in [3.05, 3.63) is 0 Å². The Morgan fingerprint density at radius 3 is 2.00 bits per heavy atom. The normalized spacial score (nSPS) is 13.0. The molecule has 11 heavy (non-hydrogen) atoms. The van der Waals surface area contributed by atoms with Gasteiger partial charge in [0.25, 0.3) is 0 Å². The third kappa shape index (κ3) is 17.7. The van der Waals surface area contributed by atoms with Crippen molar-refractivity contribution in [1.82, 2.24) is 0 Å². The molecule has 68 valence electrons. The van der Waals surface area contributed by atoms with Gasteiger partial charge >= 0.3 is 0 Å². The molecule has 0 amide bonds. The maximum absolute atomic E-state index is 5.49. The van der Waals surface area contributed by atoms with E-state index < -0.39 is 0 Å². The van der Waals surface area contributed by atoms with Gasteiger partial charge in [-0.2, -0.15) is 0 Å². The van der Waals surface area contributed by atoms with Crippen LogP contribution < -0.4 is 5.73 Å². The van der Waals surface area contributed by atoms with Crippen molar-refractivity contribution in [1.29, 1.82) is 0 Å². The van der Waals surface area contributed by atoms with Crippen LogP contribution in [0.4, 0.5) is 0 Å². The molecule has 0 aliphatic rings. The largest absolute Gasteiger partial charge is 0.328 e. The molecule has 0 heterocycles. The molecule has 1 atom stereocenters. The number of rotatable bonds is 3. The summed E-state index contributed by atoms with van der Waals surface area (Å²) in [6.45, 7) is 10.1. The van der Waals surface area contributed by atoms with Gasteiger partial charge in [-0.1, -0.05) is 13.8 Å². The predicted molar refractivity (Wildman–Crippen MR) is 53.2 cm³/mol. The van der Waals surface area contributed by atoms with Crippen molar-refractivity contribution in [3.8, 4) is 0 Å². The van der Waals surface area contributed by atoms with E-state index in [9.17, 15) is 0 Å². The molecule has 1 unspecified atom stereocenters. The van der Waals surface area contributed by atoms with Crippen LogP contribution in [0.1, 0.15) is 41.0 Å². The molecule has 0 bridgehead atoms. The predicted octanol–water partition coefficient (Wildman–Crippen LogP) is 2.23. The Morgan fingerprint density at radius 1 is 1.27 bits per heavy atom. The molecule has 0 aromatic carbocycles. The van der Waals surface area contributed by atoms with Gasteiger partial charge in [-0.15, -0.1) is 0 Å². The molecule has 0 spiro atoms. The Labute approximate surface area is 70.9 Å². The van der Waals surface area contributed by atoms with Gasteiger partial charge in [-0.05, 0) is 27.2 Å². The Bertz CT molecular complexity index is 85.6. The van der Waals surface area contributed by atoms with Gasteiger partial charge < -0.3 is 5.73 Å². The van der Waals surface area contributed by atoms with Gasteiger partial charge in [-0.3, -0.25) is 4.99 Å². The number of nitrogens with two attached hydrogens (primary N) is 1. The van der Waals surface area contributed by atoms with Crippen molar-refractivity contribution >= 4 is 6.21 Å². The fourth-order valence-corrected chi connectivity index (χ4v) is 0.438. The molecule has 0 fully saturated rings. The second-order valence-electron chi connectivity index (χ2n) is 2.64.